The predicted molar refractivity (Wildman–Crippen MR) is 109 cm³/mol. The van der Waals surface area contributed by atoms with Gasteiger partial charge in [-0.2, -0.15) is 0 Å². The minimum absolute atomic E-state index is 0.0190. The highest BCUT2D eigenvalue weighted by Crippen LogP contribution is 2.18. The van der Waals surface area contributed by atoms with Gasteiger partial charge in [-0.3, -0.25) is 4.79 Å². The van der Waals surface area contributed by atoms with E-state index in [4.69, 9.17) is 0 Å². The van der Waals surface area contributed by atoms with Crippen molar-refractivity contribution in [3.8, 4) is 5.69 Å². The number of carbonyl (C=O) groups is 1. The molecule has 0 unspecified atom stereocenters. The summed E-state index contributed by atoms with van der Waals surface area (Å²) in [4.78, 5) is 21.5. The molecule has 0 fully saturated rings. The molecule has 0 saturated carbocycles. The molecule has 1 aromatic heterocycles. The Morgan fingerprint density at radius 3 is 2.26 bits per heavy atom. The van der Waals surface area contributed by atoms with Crippen LogP contribution in [0, 0.1) is 0 Å². The fourth-order valence-corrected chi connectivity index (χ4v) is 3.08. The average molecular weight is 362 g/mol. The average Bonchev–Trinajstić information content (AvgIpc) is 3.27. The van der Waals surface area contributed by atoms with Gasteiger partial charge in [0.2, 0.25) is 0 Å². The van der Waals surface area contributed by atoms with Crippen molar-refractivity contribution < 1.29 is 4.79 Å². The van der Waals surface area contributed by atoms with Gasteiger partial charge in [0, 0.05) is 42.4 Å². The maximum atomic E-state index is 13.2. The number of aromatic nitrogens is 2. The van der Waals surface area contributed by atoms with Crippen LogP contribution < -0.4 is 4.90 Å². The van der Waals surface area contributed by atoms with E-state index < -0.39 is 0 Å². The molecular weight excluding hydrogens is 336 g/mol. The number of para-hydroxylation sites is 1. The first-order valence-electron chi connectivity index (χ1n) is 9.40. The summed E-state index contributed by atoms with van der Waals surface area (Å²) in [5.41, 5.74) is 2.59. The number of carbonyl (C=O) groups excluding carboxylic acids is 1. The van der Waals surface area contributed by atoms with E-state index in [9.17, 15) is 4.79 Å². The van der Waals surface area contributed by atoms with E-state index in [1.807, 2.05) is 70.3 Å². The van der Waals surface area contributed by atoms with Crippen molar-refractivity contribution >= 4 is 11.6 Å². The van der Waals surface area contributed by atoms with E-state index in [1.54, 1.807) is 12.5 Å². The standard InChI is InChI=1S/C22H26N4O/c1-3-24(4-2)16-17-26(21-8-6-5-7-9-21)22(27)19-10-12-20(13-11-19)25-15-14-23-18-25/h5-15,18H,3-4,16-17H2,1-2H3. The molecule has 27 heavy (non-hydrogen) atoms. The summed E-state index contributed by atoms with van der Waals surface area (Å²) < 4.78 is 1.92. The Kier molecular flexibility index (Phi) is 6.39. The zero-order valence-corrected chi connectivity index (χ0v) is 16.0. The van der Waals surface area contributed by atoms with Gasteiger partial charge in [0.05, 0.1) is 6.33 Å². The smallest absolute Gasteiger partial charge is 0.258 e. The molecule has 3 rings (SSSR count). The number of nitrogens with zero attached hydrogens (tertiary/aromatic N) is 4. The lowest BCUT2D eigenvalue weighted by Crippen LogP contribution is -2.38. The normalized spacial score (nSPS) is 10.9. The molecule has 0 radical (unpaired) electrons. The molecule has 0 aliphatic rings. The Morgan fingerprint density at radius 2 is 1.67 bits per heavy atom. The van der Waals surface area contributed by atoms with Gasteiger partial charge in [-0.1, -0.05) is 32.0 Å². The van der Waals surface area contributed by atoms with Crippen LogP contribution in [0.3, 0.4) is 0 Å². The van der Waals surface area contributed by atoms with Crippen LogP contribution in [0.1, 0.15) is 24.2 Å². The third kappa shape index (κ3) is 4.63. The fourth-order valence-electron chi connectivity index (χ4n) is 3.08. The molecule has 5 heteroatoms. The van der Waals surface area contributed by atoms with Gasteiger partial charge in [0.25, 0.3) is 5.91 Å². The fraction of sp³-hybridized carbons (Fsp3) is 0.273. The summed E-state index contributed by atoms with van der Waals surface area (Å²) in [6, 6.07) is 17.5. The number of rotatable bonds is 8. The van der Waals surface area contributed by atoms with Crippen molar-refractivity contribution in [2.75, 3.05) is 31.1 Å². The second-order valence-electron chi connectivity index (χ2n) is 6.34. The lowest BCUT2D eigenvalue weighted by Gasteiger charge is -2.27. The number of benzene rings is 2. The highest BCUT2D eigenvalue weighted by molar-refractivity contribution is 6.06. The zero-order valence-electron chi connectivity index (χ0n) is 16.0. The quantitative estimate of drug-likeness (QED) is 0.611. The number of imidazole rings is 1. The maximum Gasteiger partial charge on any atom is 0.258 e. The van der Waals surface area contributed by atoms with Gasteiger partial charge in [0.1, 0.15) is 0 Å². The van der Waals surface area contributed by atoms with E-state index in [1.165, 1.54) is 0 Å². The Labute approximate surface area is 160 Å². The molecule has 1 heterocycles. The highest BCUT2D eigenvalue weighted by atomic mass is 16.2. The van der Waals surface area contributed by atoms with Gasteiger partial charge in [-0.15, -0.1) is 0 Å². The maximum absolute atomic E-state index is 13.2. The molecule has 0 saturated heterocycles. The summed E-state index contributed by atoms with van der Waals surface area (Å²) in [7, 11) is 0. The first-order valence-corrected chi connectivity index (χ1v) is 9.40. The van der Waals surface area contributed by atoms with Crippen LogP contribution in [-0.4, -0.2) is 46.5 Å². The molecule has 5 nitrogen and oxygen atoms in total. The molecule has 0 aliphatic carbocycles. The second kappa shape index (κ2) is 9.14. The van der Waals surface area contributed by atoms with E-state index >= 15 is 0 Å². The molecule has 0 spiro atoms. The topological polar surface area (TPSA) is 41.4 Å². The molecule has 3 aromatic rings. The third-order valence-corrected chi connectivity index (χ3v) is 4.76. The molecule has 2 aromatic carbocycles. The van der Waals surface area contributed by atoms with Crippen LogP contribution in [0.5, 0.6) is 0 Å². The first-order chi connectivity index (χ1) is 13.2. The Hall–Kier alpha value is -2.92. The Morgan fingerprint density at radius 1 is 0.963 bits per heavy atom. The van der Waals surface area contributed by atoms with Crippen molar-refractivity contribution in [3.05, 3.63) is 78.9 Å². The molecule has 1 amide bonds. The SMILES string of the molecule is CCN(CC)CCN(C(=O)c1ccc(-n2ccnc2)cc1)c1ccccc1. The van der Waals surface area contributed by atoms with Crippen molar-refractivity contribution in [3.63, 3.8) is 0 Å². The monoisotopic (exact) mass is 362 g/mol. The van der Waals surface area contributed by atoms with Gasteiger partial charge < -0.3 is 14.4 Å². The number of hydrogen-bond acceptors (Lipinski definition) is 3. The molecule has 140 valence electrons. The summed E-state index contributed by atoms with van der Waals surface area (Å²) in [6.07, 6.45) is 5.37. The number of amides is 1. The van der Waals surface area contributed by atoms with E-state index in [0.29, 0.717) is 12.1 Å². The molecule has 0 atom stereocenters. The van der Waals surface area contributed by atoms with E-state index in [2.05, 4.69) is 23.7 Å². The summed E-state index contributed by atoms with van der Waals surface area (Å²) in [5.74, 6) is 0.0190. The number of likely N-dealkylation sites (N-methyl/N-ethyl adjacent to an activating group) is 1. The number of hydrogen-bond donors (Lipinski definition) is 0. The highest BCUT2D eigenvalue weighted by Gasteiger charge is 2.18. The lowest BCUT2D eigenvalue weighted by molar-refractivity contribution is 0.0984. The molecular formula is C22H26N4O. The van der Waals surface area contributed by atoms with Crippen LogP contribution >= 0.6 is 0 Å². The van der Waals surface area contributed by atoms with Crippen molar-refractivity contribution in [2.24, 2.45) is 0 Å². The molecule has 0 bridgehead atoms. The van der Waals surface area contributed by atoms with Crippen LogP contribution in [0.4, 0.5) is 5.69 Å². The van der Waals surface area contributed by atoms with Gasteiger partial charge >= 0.3 is 0 Å². The van der Waals surface area contributed by atoms with E-state index in [-0.39, 0.29) is 5.91 Å². The summed E-state index contributed by atoms with van der Waals surface area (Å²) in [6.45, 7) is 7.76. The molecule has 0 aliphatic heterocycles. The van der Waals surface area contributed by atoms with Crippen LogP contribution in [0.2, 0.25) is 0 Å². The van der Waals surface area contributed by atoms with Gasteiger partial charge in [0.15, 0.2) is 0 Å². The summed E-state index contributed by atoms with van der Waals surface area (Å²) in [5, 5.41) is 0. The van der Waals surface area contributed by atoms with Crippen molar-refractivity contribution in [1.29, 1.82) is 0 Å². The second-order valence-corrected chi connectivity index (χ2v) is 6.34. The Balaban J connectivity index is 1.81. The minimum atomic E-state index is 0.0190. The molecule has 0 N–H and O–H groups in total. The predicted octanol–water partition coefficient (Wildman–Crippen LogP) is 3.86. The number of anilines is 1. The zero-order chi connectivity index (χ0) is 19.1. The van der Waals surface area contributed by atoms with Crippen molar-refractivity contribution in [2.45, 2.75) is 13.8 Å². The largest absolute Gasteiger partial charge is 0.307 e. The summed E-state index contributed by atoms with van der Waals surface area (Å²) >= 11 is 0. The lowest BCUT2D eigenvalue weighted by atomic mass is 10.1. The van der Waals surface area contributed by atoms with Gasteiger partial charge in [-0.25, -0.2) is 4.98 Å². The van der Waals surface area contributed by atoms with Gasteiger partial charge in [-0.05, 0) is 49.5 Å². The minimum Gasteiger partial charge on any atom is -0.307 e. The van der Waals surface area contributed by atoms with Crippen LogP contribution in [-0.2, 0) is 0 Å². The van der Waals surface area contributed by atoms with Crippen LogP contribution in [0.25, 0.3) is 5.69 Å². The van der Waals surface area contributed by atoms with Crippen molar-refractivity contribution in [1.82, 2.24) is 14.5 Å². The first kappa shape index (κ1) is 18.9. The Bertz CT molecular complexity index is 825. The van der Waals surface area contributed by atoms with Crippen LogP contribution in [0.15, 0.2) is 73.3 Å². The third-order valence-electron chi connectivity index (χ3n) is 4.76. The van der Waals surface area contributed by atoms with E-state index in [0.717, 1.165) is 31.0 Å².